The number of methoxy groups -OCH3 is 1. The van der Waals surface area contributed by atoms with Gasteiger partial charge < -0.3 is 15.0 Å². The van der Waals surface area contributed by atoms with Crippen molar-refractivity contribution in [2.24, 2.45) is 5.92 Å². The zero-order valence-electron chi connectivity index (χ0n) is 18.7. The van der Waals surface area contributed by atoms with Crippen molar-refractivity contribution in [1.82, 2.24) is 10.0 Å². The first-order chi connectivity index (χ1) is 15.2. The van der Waals surface area contributed by atoms with Gasteiger partial charge in [-0.25, -0.2) is 13.1 Å². The zero-order chi connectivity index (χ0) is 23.3. The highest BCUT2D eigenvalue weighted by Crippen LogP contribution is 2.29. The van der Waals surface area contributed by atoms with Crippen LogP contribution in [-0.4, -0.2) is 54.2 Å². The van der Waals surface area contributed by atoms with E-state index in [9.17, 15) is 13.2 Å². The number of benzene rings is 2. The van der Waals surface area contributed by atoms with Crippen LogP contribution in [0.3, 0.4) is 0 Å². The minimum absolute atomic E-state index is 0.0628. The molecule has 0 aromatic heterocycles. The van der Waals surface area contributed by atoms with Crippen molar-refractivity contribution in [2.75, 3.05) is 44.8 Å². The molecule has 2 aromatic rings. The van der Waals surface area contributed by atoms with E-state index in [1.165, 1.54) is 24.8 Å². The molecule has 9 heteroatoms. The van der Waals surface area contributed by atoms with E-state index in [2.05, 4.69) is 21.9 Å². The number of halogens is 1. The van der Waals surface area contributed by atoms with Gasteiger partial charge in [0.25, 0.3) is 5.91 Å². The van der Waals surface area contributed by atoms with Crippen molar-refractivity contribution in [3.8, 4) is 0 Å². The van der Waals surface area contributed by atoms with Gasteiger partial charge in [-0.15, -0.1) is 0 Å². The van der Waals surface area contributed by atoms with Crippen LogP contribution in [0.15, 0.2) is 41.3 Å². The molecule has 174 valence electrons. The first-order valence-electron chi connectivity index (χ1n) is 10.6. The summed E-state index contributed by atoms with van der Waals surface area (Å²) in [4.78, 5) is 15.2. The third-order valence-electron chi connectivity index (χ3n) is 5.71. The second-order valence-corrected chi connectivity index (χ2v) is 10.3. The third-order valence-corrected chi connectivity index (χ3v) is 7.41. The highest BCUT2D eigenvalue weighted by molar-refractivity contribution is 7.89. The van der Waals surface area contributed by atoms with Gasteiger partial charge in [0.1, 0.15) is 0 Å². The largest absolute Gasteiger partial charge is 0.383 e. The lowest BCUT2D eigenvalue weighted by molar-refractivity contribution is 0.0947. The summed E-state index contributed by atoms with van der Waals surface area (Å²) < 4.78 is 32.3. The number of rotatable bonds is 9. The van der Waals surface area contributed by atoms with Gasteiger partial charge in [-0.1, -0.05) is 23.7 Å². The molecule has 0 radical (unpaired) electrons. The molecule has 7 nitrogen and oxygen atoms in total. The number of hydrogen-bond donors (Lipinski definition) is 2. The van der Waals surface area contributed by atoms with E-state index in [1.807, 2.05) is 18.2 Å². The Morgan fingerprint density at radius 1 is 1.19 bits per heavy atom. The fourth-order valence-electron chi connectivity index (χ4n) is 3.85. The Labute approximate surface area is 195 Å². The number of ether oxygens (including phenoxy) is 1. The van der Waals surface area contributed by atoms with E-state index < -0.39 is 10.0 Å². The summed E-state index contributed by atoms with van der Waals surface area (Å²) in [5, 5.41) is 3.70. The number of aryl methyl sites for hydroxylation is 2. The van der Waals surface area contributed by atoms with Crippen LogP contribution in [0.2, 0.25) is 5.02 Å². The summed E-state index contributed by atoms with van der Waals surface area (Å²) >= 11 is 6.16. The molecule has 1 atom stereocenters. The number of carbonyl (C=O) groups is 1. The van der Waals surface area contributed by atoms with Crippen molar-refractivity contribution in [3.05, 3.63) is 58.1 Å². The summed E-state index contributed by atoms with van der Waals surface area (Å²) in [6.07, 6.45) is 0.961. The van der Waals surface area contributed by atoms with Crippen molar-refractivity contribution >= 4 is 33.2 Å². The summed E-state index contributed by atoms with van der Waals surface area (Å²) in [6, 6.07) is 10.5. The van der Waals surface area contributed by atoms with Crippen LogP contribution in [0.25, 0.3) is 0 Å². The molecule has 1 heterocycles. The van der Waals surface area contributed by atoms with Gasteiger partial charge in [0.2, 0.25) is 10.0 Å². The Kier molecular flexibility index (Phi) is 8.16. The zero-order valence-corrected chi connectivity index (χ0v) is 20.2. The Morgan fingerprint density at radius 3 is 2.69 bits per heavy atom. The number of sulfonamides is 1. The Hall–Kier alpha value is -2.13. The van der Waals surface area contributed by atoms with E-state index >= 15 is 0 Å². The smallest absolute Gasteiger partial charge is 0.251 e. The van der Waals surface area contributed by atoms with Crippen molar-refractivity contribution in [1.29, 1.82) is 0 Å². The standard InChI is InChI=1S/C23H30ClN3O4S/c1-16-5-7-20(32(29,30)26-9-11-31-3)13-21(16)23(28)25-14-18-8-10-27(15-18)22-12-19(24)6-4-17(22)2/h4-7,12-13,18,26H,8-11,14-15H2,1-3H3,(H,25,28). The molecule has 2 aromatic carbocycles. The molecule has 0 spiro atoms. The molecule has 1 unspecified atom stereocenters. The topological polar surface area (TPSA) is 87.7 Å². The van der Waals surface area contributed by atoms with Crippen molar-refractivity contribution < 1.29 is 17.9 Å². The second kappa shape index (κ2) is 10.7. The van der Waals surface area contributed by atoms with Crippen LogP contribution in [0.1, 0.15) is 27.9 Å². The number of nitrogens with one attached hydrogen (secondary N) is 2. The average Bonchev–Trinajstić information content (AvgIpc) is 3.23. The lowest BCUT2D eigenvalue weighted by Gasteiger charge is -2.21. The Balaban J connectivity index is 1.62. The minimum atomic E-state index is -3.71. The lowest BCUT2D eigenvalue weighted by Crippen LogP contribution is -2.32. The molecule has 0 aliphatic carbocycles. The summed E-state index contributed by atoms with van der Waals surface area (Å²) in [5.41, 5.74) is 3.38. The van der Waals surface area contributed by atoms with Crippen LogP contribution < -0.4 is 14.9 Å². The van der Waals surface area contributed by atoms with Crippen LogP contribution in [0.5, 0.6) is 0 Å². The molecule has 0 saturated carbocycles. The van der Waals surface area contributed by atoms with E-state index in [0.717, 1.165) is 30.8 Å². The molecular weight excluding hydrogens is 450 g/mol. The van der Waals surface area contributed by atoms with Gasteiger partial charge in [-0.3, -0.25) is 4.79 Å². The van der Waals surface area contributed by atoms with Crippen LogP contribution in [-0.2, 0) is 14.8 Å². The molecule has 1 saturated heterocycles. The summed E-state index contributed by atoms with van der Waals surface area (Å²) in [5.74, 6) is 0.0362. The van der Waals surface area contributed by atoms with Crippen LogP contribution >= 0.6 is 11.6 Å². The maximum Gasteiger partial charge on any atom is 0.251 e. The predicted octanol–water partition coefficient (Wildman–Crippen LogP) is 3.14. The third kappa shape index (κ3) is 6.01. The van der Waals surface area contributed by atoms with Gasteiger partial charge in [0.05, 0.1) is 11.5 Å². The summed E-state index contributed by atoms with van der Waals surface area (Å²) in [7, 11) is -2.21. The molecule has 3 rings (SSSR count). The van der Waals surface area contributed by atoms with Crippen LogP contribution in [0, 0.1) is 19.8 Å². The molecular formula is C23H30ClN3O4S. The molecule has 1 fully saturated rings. The number of hydrogen-bond acceptors (Lipinski definition) is 5. The highest BCUT2D eigenvalue weighted by atomic mass is 35.5. The normalized spacial score (nSPS) is 16.4. The van der Waals surface area contributed by atoms with Gasteiger partial charge >= 0.3 is 0 Å². The van der Waals surface area contributed by atoms with Gasteiger partial charge in [-0.05, 0) is 61.6 Å². The van der Waals surface area contributed by atoms with Crippen molar-refractivity contribution in [2.45, 2.75) is 25.2 Å². The fourth-order valence-corrected chi connectivity index (χ4v) is 5.05. The minimum Gasteiger partial charge on any atom is -0.383 e. The first-order valence-corrected chi connectivity index (χ1v) is 12.5. The molecule has 32 heavy (non-hydrogen) atoms. The number of amides is 1. The maximum atomic E-state index is 12.8. The second-order valence-electron chi connectivity index (χ2n) is 8.11. The lowest BCUT2D eigenvalue weighted by atomic mass is 10.1. The Morgan fingerprint density at radius 2 is 1.94 bits per heavy atom. The number of carbonyl (C=O) groups excluding carboxylic acids is 1. The maximum absolute atomic E-state index is 12.8. The monoisotopic (exact) mass is 479 g/mol. The molecule has 1 amide bonds. The highest BCUT2D eigenvalue weighted by Gasteiger charge is 2.25. The fraction of sp³-hybridized carbons (Fsp3) is 0.435. The molecule has 1 aliphatic rings. The Bertz CT molecular complexity index is 1070. The van der Waals surface area contributed by atoms with Crippen LogP contribution in [0.4, 0.5) is 5.69 Å². The van der Waals surface area contributed by atoms with E-state index in [1.54, 1.807) is 13.0 Å². The number of anilines is 1. The quantitative estimate of drug-likeness (QED) is 0.539. The first kappa shape index (κ1) is 24.5. The van der Waals surface area contributed by atoms with E-state index in [0.29, 0.717) is 23.0 Å². The molecule has 0 bridgehead atoms. The summed E-state index contributed by atoms with van der Waals surface area (Å²) in [6.45, 7) is 6.55. The van der Waals surface area contributed by atoms with E-state index in [4.69, 9.17) is 16.3 Å². The van der Waals surface area contributed by atoms with E-state index in [-0.39, 0.29) is 24.0 Å². The molecule has 1 aliphatic heterocycles. The van der Waals surface area contributed by atoms with Crippen molar-refractivity contribution in [3.63, 3.8) is 0 Å². The molecule has 2 N–H and O–H groups in total. The van der Waals surface area contributed by atoms with Gasteiger partial charge in [0.15, 0.2) is 0 Å². The SMILES string of the molecule is COCCNS(=O)(=O)c1ccc(C)c(C(=O)NCC2CCN(c3cc(Cl)ccc3C)C2)c1. The predicted molar refractivity (Wildman–Crippen MR) is 127 cm³/mol. The number of nitrogens with zero attached hydrogens (tertiary/aromatic N) is 1. The van der Waals surface area contributed by atoms with Gasteiger partial charge in [0, 0.05) is 49.6 Å². The average molecular weight is 480 g/mol. The van der Waals surface area contributed by atoms with Gasteiger partial charge in [-0.2, -0.15) is 0 Å².